The van der Waals surface area contributed by atoms with Gasteiger partial charge in [-0.2, -0.15) is 20.4 Å². The van der Waals surface area contributed by atoms with Crippen LogP contribution in [-0.4, -0.2) is 26.2 Å². The summed E-state index contributed by atoms with van der Waals surface area (Å²) in [7, 11) is 0. The van der Waals surface area contributed by atoms with E-state index in [4.69, 9.17) is 0 Å². The number of carbonyl (C=O) groups excluding carboxylic acids is 1. The Bertz CT molecular complexity index is 1510. The lowest BCUT2D eigenvalue weighted by Crippen LogP contribution is -2.17. The number of hydrogen-bond acceptors (Lipinski definition) is 5. The maximum atomic E-state index is 14.8. The maximum absolute atomic E-state index is 14.8. The quantitative estimate of drug-likeness (QED) is 0.124. The number of rotatable bonds is 14. The number of halogens is 4. The molecule has 2 saturated carbocycles. The zero-order valence-corrected chi connectivity index (χ0v) is 28.5. The number of aromatic nitrogens is 4. The average molecular weight is 687 g/mol. The van der Waals surface area contributed by atoms with Crippen molar-refractivity contribution >= 4 is 5.78 Å². The molecule has 2 fully saturated rings. The van der Waals surface area contributed by atoms with Gasteiger partial charge in [0.1, 0.15) is 29.8 Å². The minimum atomic E-state index is -1.29. The number of alkyl halides is 2. The van der Waals surface area contributed by atoms with Gasteiger partial charge >= 0.3 is 0 Å². The molecule has 2 aromatic heterocycles. The molecule has 0 spiro atoms. The van der Waals surface area contributed by atoms with Gasteiger partial charge in [-0.05, 0) is 136 Å². The van der Waals surface area contributed by atoms with Gasteiger partial charge in [0.2, 0.25) is 0 Å². The van der Waals surface area contributed by atoms with Crippen molar-refractivity contribution in [3.8, 4) is 0 Å². The fourth-order valence-corrected chi connectivity index (χ4v) is 7.69. The molecule has 0 N–H and O–H groups in total. The number of nitrogens with zero attached hydrogens (tertiary/aromatic N) is 4. The van der Waals surface area contributed by atoms with Gasteiger partial charge < -0.3 is 0 Å². The van der Waals surface area contributed by atoms with E-state index in [0.717, 1.165) is 86.7 Å². The molecule has 2 atom stereocenters. The Morgan fingerprint density at radius 1 is 0.540 bits per heavy atom. The van der Waals surface area contributed by atoms with Crippen LogP contribution in [0.2, 0.25) is 0 Å². The predicted molar refractivity (Wildman–Crippen MR) is 185 cm³/mol. The van der Waals surface area contributed by atoms with E-state index >= 15 is 0 Å². The summed E-state index contributed by atoms with van der Waals surface area (Å²) in [5.41, 5.74) is 3.84. The van der Waals surface area contributed by atoms with Crippen LogP contribution < -0.4 is 0 Å². The number of Topliss-reactive ketones (excluding diaryl/α,β-unsaturated/α-hetero) is 1. The standard InChI is InChI=1S/C41H46F4N4O/c42-33-15-5-29(6-16-33)25-36(44)40-23-21-38(46-48-40)31-11-1-27(2-12-31)9-19-35(50)20-10-28-3-13-32(14-4-28)39-22-24-41(49-47-39)37(45)26-30-7-17-34(43)18-8-30/h5-8,15-18,21-24,27-28,31-32,36-37H,1-4,9-14,19-20,25-26H2/t27-,28?,31-,32?,36?,37?. The van der Waals surface area contributed by atoms with Crippen molar-refractivity contribution < 1.29 is 22.4 Å². The summed E-state index contributed by atoms with van der Waals surface area (Å²) < 4.78 is 55.8. The van der Waals surface area contributed by atoms with E-state index in [2.05, 4.69) is 20.4 Å². The summed E-state index contributed by atoms with van der Waals surface area (Å²) in [6.07, 6.45) is 9.11. The highest BCUT2D eigenvalue weighted by molar-refractivity contribution is 5.78. The summed E-state index contributed by atoms with van der Waals surface area (Å²) in [6, 6.07) is 18.9. The monoisotopic (exact) mass is 686 g/mol. The van der Waals surface area contributed by atoms with E-state index in [1.807, 2.05) is 12.1 Å². The van der Waals surface area contributed by atoms with Crippen molar-refractivity contribution in [3.05, 3.63) is 118 Å². The number of carbonyl (C=O) groups is 1. The van der Waals surface area contributed by atoms with Gasteiger partial charge in [-0.3, -0.25) is 4.79 Å². The summed E-state index contributed by atoms with van der Waals surface area (Å²) in [6.45, 7) is 0. The second-order valence-electron chi connectivity index (χ2n) is 14.4. The first-order chi connectivity index (χ1) is 24.3. The Hall–Kier alpha value is -4.01. The Morgan fingerprint density at radius 2 is 0.920 bits per heavy atom. The second-order valence-corrected chi connectivity index (χ2v) is 14.4. The molecule has 2 aromatic carbocycles. The molecule has 6 rings (SSSR count). The van der Waals surface area contributed by atoms with Crippen molar-refractivity contribution in [1.82, 2.24) is 20.4 Å². The summed E-state index contributed by atoms with van der Waals surface area (Å²) >= 11 is 0. The Balaban J connectivity index is 0.848. The molecule has 0 radical (unpaired) electrons. The van der Waals surface area contributed by atoms with Crippen LogP contribution >= 0.6 is 0 Å². The largest absolute Gasteiger partial charge is 0.300 e. The molecule has 4 aromatic rings. The molecule has 0 amide bonds. The SMILES string of the molecule is O=C(CCC1CCC(c2ccc(C(F)Cc3ccc(F)cc3)nn2)CC1)CC[C@H]1CC[C@H](c2ccc(C(F)Cc3ccc(F)cc3)nn2)CC1. The van der Waals surface area contributed by atoms with E-state index in [-0.39, 0.29) is 24.5 Å². The van der Waals surface area contributed by atoms with Crippen molar-refractivity contribution in [2.24, 2.45) is 11.8 Å². The molecule has 2 heterocycles. The minimum absolute atomic E-state index is 0.136. The molecule has 0 saturated heterocycles. The molecule has 2 aliphatic rings. The zero-order chi connectivity index (χ0) is 34.9. The number of ketones is 1. The highest BCUT2D eigenvalue weighted by Crippen LogP contribution is 2.39. The van der Waals surface area contributed by atoms with Crippen LogP contribution in [0, 0.1) is 23.5 Å². The van der Waals surface area contributed by atoms with Gasteiger partial charge in [-0.25, -0.2) is 17.6 Å². The smallest absolute Gasteiger partial charge is 0.148 e. The molecule has 0 aliphatic heterocycles. The van der Waals surface area contributed by atoms with Gasteiger partial charge in [0, 0.05) is 37.5 Å². The Morgan fingerprint density at radius 3 is 1.26 bits per heavy atom. The summed E-state index contributed by atoms with van der Waals surface area (Å²) in [5, 5.41) is 17.1. The zero-order valence-electron chi connectivity index (χ0n) is 28.5. The summed E-state index contributed by atoms with van der Waals surface area (Å²) in [5.74, 6) is 1.40. The molecule has 264 valence electrons. The molecule has 2 unspecified atom stereocenters. The normalized spacial score (nSPS) is 22.2. The third-order valence-electron chi connectivity index (χ3n) is 10.9. The van der Waals surface area contributed by atoms with Crippen molar-refractivity contribution in [2.75, 3.05) is 0 Å². The Labute approximate surface area is 292 Å². The van der Waals surface area contributed by atoms with E-state index in [9.17, 15) is 22.4 Å². The van der Waals surface area contributed by atoms with Crippen LogP contribution in [0.1, 0.15) is 135 Å². The van der Waals surface area contributed by atoms with Gasteiger partial charge in [-0.1, -0.05) is 24.3 Å². The summed E-state index contributed by atoms with van der Waals surface area (Å²) in [4.78, 5) is 12.8. The lowest BCUT2D eigenvalue weighted by Gasteiger charge is -2.28. The fraction of sp³-hybridized carbons (Fsp3) is 0.488. The fourth-order valence-electron chi connectivity index (χ4n) is 7.69. The van der Waals surface area contributed by atoms with Gasteiger partial charge in [0.15, 0.2) is 0 Å². The molecule has 5 nitrogen and oxygen atoms in total. The third-order valence-corrected chi connectivity index (χ3v) is 10.9. The molecule has 50 heavy (non-hydrogen) atoms. The first kappa shape index (κ1) is 35.8. The highest BCUT2D eigenvalue weighted by atomic mass is 19.1. The minimum Gasteiger partial charge on any atom is -0.300 e. The van der Waals surface area contributed by atoms with Crippen LogP contribution in [0.3, 0.4) is 0 Å². The van der Waals surface area contributed by atoms with Gasteiger partial charge in [-0.15, -0.1) is 0 Å². The van der Waals surface area contributed by atoms with Crippen molar-refractivity contribution in [2.45, 2.75) is 114 Å². The van der Waals surface area contributed by atoms with Crippen LogP contribution in [0.4, 0.5) is 17.6 Å². The second kappa shape index (κ2) is 17.3. The average Bonchev–Trinajstić information content (AvgIpc) is 3.15. The lowest BCUT2D eigenvalue weighted by molar-refractivity contribution is -0.119. The number of benzene rings is 2. The van der Waals surface area contributed by atoms with Crippen LogP contribution in [0.25, 0.3) is 0 Å². The van der Waals surface area contributed by atoms with Crippen LogP contribution in [0.15, 0.2) is 72.8 Å². The molecule has 9 heteroatoms. The van der Waals surface area contributed by atoms with Crippen LogP contribution in [0.5, 0.6) is 0 Å². The molecule has 0 bridgehead atoms. The first-order valence-electron chi connectivity index (χ1n) is 18.2. The first-order valence-corrected chi connectivity index (χ1v) is 18.2. The lowest BCUT2D eigenvalue weighted by atomic mass is 9.77. The van der Waals surface area contributed by atoms with E-state index in [1.165, 1.54) is 24.3 Å². The van der Waals surface area contributed by atoms with Gasteiger partial charge in [0.25, 0.3) is 0 Å². The molecule has 2 aliphatic carbocycles. The van der Waals surface area contributed by atoms with Crippen molar-refractivity contribution in [1.29, 1.82) is 0 Å². The highest BCUT2D eigenvalue weighted by Gasteiger charge is 2.27. The van der Waals surface area contributed by atoms with Crippen LogP contribution in [-0.2, 0) is 17.6 Å². The van der Waals surface area contributed by atoms with E-state index in [1.54, 1.807) is 36.4 Å². The molecular weight excluding hydrogens is 640 g/mol. The van der Waals surface area contributed by atoms with Crippen molar-refractivity contribution in [3.63, 3.8) is 0 Å². The molecular formula is C41H46F4N4O. The number of hydrogen-bond donors (Lipinski definition) is 0. The van der Waals surface area contributed by atoms with Gasteiger partial charge in [0.05, 0.1) is 22.8 Å². The Kier molecular flexibility index (Phi) is 12.4. The maximum Gasteiger partial charge on any atom is 0.148 e. The topological polar surface area (TPSA) is 68.6 Å². The van der Waals surface area contributed by atoms with E-state index < -0.39 is 12.3 Å². The predicted octanol–water partition coefficient (Wildman–Crippen LogP) is 10.4. The third kappa shape index (κ3) is 10.0. The van der Waals surface area contributed by atoms with E-state index in [0.29, 0.717) is 53.7 Å².